The zero-order valence-corrected chi connectivity index (χ0v) is 18.4. The number of aromatic nitrogens is 2. The van der Waals surface area contributed by atoms with E-state index in [2.05, 4.69) is 34.6 Å². The lowest BCUT2D eigenvalue weighted by Crippen LogP contribution is -2.36. The molecule has 3 aromatic carbocycles. The Labute approximate surface area is 197 Å². The number of aliphatic hydroxyl groups excluding tert-OH is 2. The molecule has 0 saturated carbocycles. The van der Waals surface area contributed by atoms with Crippen LogP contribution in [0.4, 0.5) is 4.79 Å². The van der Waals surface area contributed by atoms with Crippen LogP contribution in [0.25, 0.3) is 16.8 Å². The van der Waals surface area contributed by atoms with E-state index in [1.54, 1.807) is 24.7 Å². The topological polar surface area (TPSA) is 96.6 Å². The Bertz CT molecular complexity index is 1230. The maximum Gasteiger partial charge on any atom is 0.407 e. The molecule has 1 aliphatic carbocycles. The number of ether oxygens (including phenoxy) is 1. The van der Waals surface area contributed by atoms with Crippen LogP contribution in [0.5, 0.6) is 0 Å². The molecule has 0 fully saturated rings. The third-order valence-electron chi connectivity index (χ3n) is 6.20. The predicted octanol–water partition coefficient (Wildman–Crippen LogP) is 3.81. The number of hydrogen-bond donors (Lipinski definition) is 3. The molecular formula is C27H25N3O4. The van der Waals surface area contributed by atoms with E-state index in [1.165, 1.54) is 0 Å². The summed E-state index contributed by atoms with van der Waals surface area (Å²) in [5.74, 6) is -0.0392. The number of imidazole rings is 1. The molecule has 0 bridgehead atoms. The van der Waals surface area contributed by atoms with Gasteiger partial charge >= 0.3 is 6.09 Å². The van der Waals surface area contributed by atoms with Gasteiger partial charge in [0.15, 0.2) is 0 Å². The smallest absolute Gasteiger partial charge is 0.407 e. The zero-order chi connectivity index (χ0) is 23.5. The Balaban J connectivity index is 1.15. The van der Waals surface area contributed by atoms with Crippen LogP contribution in [0, 0.1) is 0 Å². The van der Waals surface area contributed by atoms with E-state index >= 15 is 0 Å². The standard InChI is InChI=1S/C27H25N3O4/c31-25(26(32)18-9-11-19(12-10-18)30-14-13-28-17-30)15-29-27(33)34-16-24-22-7-3-1-5-20(22)21-6-2-4-8-23(21)24/h1-14,17,24-26,31-32H,15-16H2,(H,29,33). The summed E-state index contributed by atoms with van der Waals surface area (Å²) in [6, 6.07) is 23.4. The van der Waals surface area contributed by atoms with Crippen molar-refractivity contribution in [3.05, 3.63) is 108 Å². The molecule has 0 spiro atoms. The first kappa shape index (κ1) is 21.9. The molecule has 7 nitrogen and oxygen atoms in total. The third-order valence-corrected chi connectivity index (χ3v) is 6.20. The van der Waals surface area contributed by atoms with E-state index in [4.69, 9.17) is 4.74 Å². The summed E-state index contributed by atoms with van der Waals surface area (Å²) in [6.45, 7) is 0.0509. The molecule has 3 N–H and O–H groups in total. The van der Waals surface area contributed by atoms with Crippen molar-refractivity contribution >= 4 is 6.09 Å². The van der Waals surface area contributed by atoms with Gasteiger partial charge in [-0.1, -0.05) is 60.7 Å². The average molecular weight is 456 g/mol. The lowest BCUT2D eigenvalue weighted by molar-refractivity contribution is 0.0185. The highest BCUT2D eigenvalue weighted by Crippen LogP contribution is 2.44. The van der Waals surface area contributed by atoms with E-state index < -0.39 is 18.3 Å². The number of carbonyl (C=O) groups excluding carboxylic acids is 1. The minimum absolute atomic E-state index is 0.0392. The second kappa shape index (κ2) is 9.51. The fraction of sp³-hybridized carbons (Fsp3) is 0.185. The lowest BCUT2D eigenvalue weighted by Gasteiger charge is -2.19. The highest BCUT2D eigenvalue weighted by atomic mass is 16.5. The molecule has 0 radical (unpaired) electrons. The van der Waals surface area contributed by atoms with E-state index in [0.29, 0.717) is 5.56 Å². The highest BCUT2D eigenvalue weighted by molar-refractivity contribution is 5.79. The van der Waals surface area contributed by atoms with Crippen LogP contribution in [0.15, 0.2) is 91.5 Å². The number of carbonyl (C=O) groups is 1. The molecule has 5 rings (SSSR count). The predicted molar refractivity (Wildman–Crippen MR) is 128 cm³/mol. The highest BCUT2D eigenvalue weighted by Gasteiger charge is 2.29. The second-order valence-electron chi connectivity index (χ2n) is 8.28. The number of amides is 1. The Morgan fingerprint density at radius 2 is 1.62 bits per heavy atom. The SMILES string of the molecule is O=C(NCC(O)C(O)c1ccc(-n2ccnc2)cc1)OCC1c2ccccc2-c2ccccc21. The van der Waals surface area contributed by atoms with Crippen LogP contribution < -0.4 is 5.32 Å². The number of nitrogens with one attached hydrogen (secondary N) is 1. The van der Waals surface area contributed by atoms with Crippen LogP contribution in [-0.4, -0.2) is 45.1 Å². The summed E-state index contributed by atoms with van der Waals surface area (Å²) in [5, 5.41) is 23.4. The van der Waals surface area contributed by atoms with Gasteiger partial charge in [0.05, 0.1) is 6.33 Å². The van der Waals surface area contributed by atoms with Crippen molar-refractivity contribution < 1.29 is 19.7 Å². The molecule has 1 heterocycles. The van der Waals surface area contributed by atoms with Crippen molar-refractivity contribution in [1.82, 2.24) is 14.9 Å². The molecule has 34 heavy (non-hydrogen) atoms. The first-order valence-electron chi connectivity index (χ1n) is 11.1. The van der Waals surface area contributed by atoms with Crippen molar-refractivity contribution in [3.8, 4) is 16.8 Å². The minimum Gasteiger partial charge on any atom is -0.449 e. The number of hydrogen-bond acceptors (Lipinski definition) is 5. The fourth-order valence-corrected chi connectivity index (χ4v) is 4.43. The van der Waals surface area contributed by atoms with Crippen molar-refractivity contribution in [2.24, 2.45) is 0 Å². The average Bonchev–Trinajstić information content (AvgIpc) is 3.53. The van der Waals surface area contributed by atoms with Crippen LogP contribution in [0.2, 0.25) is 0 Å². The van der Waals surface area contributed by atoms with Crippen LogP contribution in [0.1, 0.15) is 28.7 Å². The summed E-state index contributed by atoms with van der Waals surface area (Å²) in [7, 11) is 0. The summed E-state index contributed by atoms with van der Waals surface area (Å²) in [4.78, 5) is 16.3. The molecule has 1 aromatic heterocycles. The van der Waals surface area contributed by atoms with Gasteiger partial charge in [0.1, 0.15) is 18.8 Å². The maximum absolute atomic E-state index is 12.3. The van der Waals surface area contributed by atoms with Gasteiger partial charge in [-0.3, -0.25) is 0 Å². The minimum atomic E-state index is -1.18. The van der Waals surface area contributed by atoms with Gasteiger partial charge in [-0.2, -0.15) is 0 Å². The summed E-state index contributed by atoms with van der Waals surface area (Å²) in [6.07, 6.45) is 2.22. The van der Waals surface area contributed by atoms with Gasteiger partial charge in [-0.05, 0) is 39.9 Å². The number of nitrogens with zero attached hydrogens (tertiary/aromatic N) is 2. The fourth-order valence-electron chi connectivity index (χ4n) is 4.43. The first-order valence-corrected chi connectivity index (χ1v) is 11.1. The zero-order valence-electron chi connectivity index (χ0n) is 18.4. The number of fused-ring (bicyclic) bond motifs is 3. The van der Waals surface area contributed by atoms with E-state index in [0.717, 1.165) is 27.9 Å². The van der Waals surface area contributed by atoms with Gasteiger partial charge in [0.2, 0.25) is 0 Å². The van der Waals surface area contributed by atoms with Crippen LogP contribution in [-0.2, 0) is 4.74 Å². The van der Waals surface area contributed by atoms with E-state index in [9.17, 15) is 15.0 Å². The number of benzene rings is 3. The molecule has 0 saturated heterocycles. The van der Waals surface area contributed by atoms with Gasteiger partial charge < -0.3 is 24.8 Å². The molecule has 1 amide bonds. The summed E-state index contributed by atoms with van der Waals surface area (Å²) < 4.78 is 7.32. The van der Waals surface area contributed by atoms with Crippen molar-refractivity contribution in [3.63, 3.8) is 0 Å². The molecule has 4 aromatic rings. The molecule has 172 valence electrons. The summed E-state index contributed by atoms with van der Waals surface area (Å²) >= 11 is 0. The molecule has 0 aliphatic heterocycles. The number of alkyl carbamates (subject to hydrolysis) is 1. The van der Waals surface area contributed by atoms with E-state index in [-0.39, 0.29) is 19.1 Å². The third kappa shape index (κ3) is 4.31. The van der Waals surface area contributed by atoms with Gasteiger partial charge in [0.25, 0.3) is 0 Å². The maximum atomic E-state index is 12.3. The van der Waals surface area contributed by atoms with E-state index in [1.807, 2.05) is 47.2 Å². The van der Waals surface area contributed by atoms with Gasteiger partial charge in [0, 0.05) is 30.5 Å². The molecular weight excluding hydrogens is 430 g/mol. The number of rotatable bonds is 7. The second-order valence-corrected chi connectivity index (χ2v) is 8.28. The van der Waals surface area contributed by atoms with Crippen molar-refractivity contribution in [2.45, 2.75) is 18.1 Å². The van der Waals surface area contributed by atoms with Crippen LogP contribution >= 0.6 is 0 Å². The molecule has 2 unspecified atom stereocenters. The Morgan fingerprint density at radius 3 is 2.24 bits per heavy atom. The Hall–Kier alpha value is -3.94. The van der Waals surface area contributed by atoms with Gasteiger partial charge in [-0.15, -0.1) is 0 Å². The number of aliphatic hydroxyl groups is 2. The quantitative estimate of drug-likeness (QED) is 0.394. The Morgan fingerprint density at radius 1 is 0.971 bits per heavy atom. The van der Waals surface area contributed by atoms with Crippen LogP contribution in [0.3, 0.4) is 0 Å². The monoisotopic (exact) mass is 455 g/mol. The molecule has 1 aliphatic rings. The molecule has 7 heteroatoms. The van der Waals surface area contributed by atoms with Crippen molar-refractivity contribution in [2.75, 3.05) is 13.2 Å². The largest absolute Gasteiger partial charge is 0.449 e. The van der Waals surface area contributed by atoms with Crippen molar-refractivity contribution in [1.29, 1.82) is 0 Å². The normalized spacial score (nSPS) is 14.2. The lowest BCUT2D eigenvalue weighted by atomic mass is 9.98. The van der Waals surface area contributed by atoms with Gasteiger partial charge in [-0.25, -0.2) is 9.78 Å². The molecule has 2 atom stereocenters. The Kier molecular flexibility index (Phi) is 6.12. The first-order chi connectivity index (χ1) is 16.6. The summed E-state index contributed by atoms with van der Waals surface area (Å²) in [5.41, 5.74) is 6.01.